The minimum atomic E-state index is -0.167. The summed E-state index contributed by atoms with van der Waals surface area (Å²) in [6.07, 6.45) is 3.95. The molecule has 0 bridgehead atoms. The lowest BCUT2D eigenvalue weighted by Gasteiger charge is -2.17. The first kappa shape index (κ1) is 17.2. The van der Waals surface area contributed by atoms with Gasteiger partial charge in [-0.2, -0.15) is 5.26 Å². The van der Waals surface area contributed by atoms with Crippen molar-refractivity contribution in [1.82, 2.24) is 9.38 Å². The fourth-order valence-electron chi connectivity index (χ4n) is 2.74. The molecule has 0 atom stereocenters. The number of nitrogens with one attached hydrogen (secondary N) is 1. The molecule has 0 radical (unpaired) electrons. The van der Waals surface area contributed by atoms with Crippen molar-refractivity contribution in [2.24, 2.45) is 0 Å². The van der Waals surface area contributed by atoms with Crippen molar-refractivity contribution in [3.63, 3.8) is 0 Å². The van der Waals surface area contributed by atoms with E-state index < -0.39 is 0 Å². The van der Waals surface area contributed by atoms with Crippen LogP contribution in [0, 0.1) is 18.3 Å². The standard InChI is InChI=1S/C19H20N4OS/c1-12-6-5-7-23-10-13(21-17(12)23)8-16(24)22-18-14(9-20)15(11-25-18)19(2,3)4/h5-7,10-11H,8H2,1-4H3,(H,22,24). The van der Waals surface area contributed by atoms with Crippen LogP contribution < -0.4 is 5.32 Å². The van der Waals surface area contributed by atoms with Gasteiger partial charge in [0.1, 0.15) is 16.7 Å². The van der Waals surface area contributed by atoms with Gasteiger partial charge in [0.15, 0.2) is 0 Å². The number of amides is 1. The van der Waals surface area contributed by atoms with E-state index >= 15 is 0 Å². The summed E-state index contributed by atoms with van der Waals surface area (Å²) in [5.74, 6) is -0.167. The highest BCUT2D eigenvalue weighted by Crippen LogP contribution is 2.35. The number of aromatic nitrogens is 2. The quantitative estimate of drug-likeness (QED) is 0.773. The van der Waals surface area contributed by atoms with Crippen LogP contribution in [0.4, 0.5) is 5.00 Å². The fraction of sp³-hybridized carbons (Fsp3) is 0.316. The van der Waals surface area contributed by atoms with Crippen LogP contribution in [0.1, 0.15) is 43.2 Å². The molecule has 1 amide bonds. The number of pyridine rings is 1. The zero-order valence-corrected chi connectivity index (χ0v) is 15.6. The number of anilines is 1. The van der Waals surface area contributed by atoms with Crippen LogP contribution in [0.15, 0.2) is 29.9 Å². The average molecular weight is 352 g/mol. The van der Waals surface area contributed by atoms with Crippen LogP contribution >= 0.6 is 11.3 Å². The van der Waals surface area contributed by atoms with E-state index in [1.807, 2.05) is 41.2 Å². The van der Waals surface area contributed by atoms with Gasteiger partial charge in [-0.15, -0.1) is 11.3 Å². The van der Waals surface area contributed by atoms with Gasteiger partial charge in [0.25, 0.3) is 0 Å². The Morgan fingerprint density at radius 2 is 2.20 bits per heavy atom. The molecule has 0 aliphatic rings. The van der Waals surface area contributed by atoms with Gasteiger partial charge in [0, 0.05) is 12.4 Å². The van der Waals surface area contributed by atoms with Gasteiger partial charge in [-0.1, -0.05) is 26.8 Å². The van der Waals surface area contributed by atoms with Crippen molar-refractivity contribution in [2.45, 2.75) is 39.5 Å². The van der Waals surface area contributed by atoms with Gasteiger partial charge in [0.2, 0.25) is 5.91 Å². The van der Waals surface area contributed by atoms with E-state index in [9.17, 15) is 10.1 Å². The molecule has 128 valence electrons. The largest absolute Gasteiger partial charge is 0.316 e. The third-order valence-corrected chi connectivity index (χ3v) is 4.93. The summed E-state index contributed by atoms with van der Waals surface area (Å²) in [6, 6.07) is 6.17. The number of thiophene rings is 1. The Morgan fingerprint density at radius 1 is 1.44 bits per heavy atom. The Bertz CT molecular complexity index is 985. The minimum Gasteiger partial charge on any atom is -0.316 e. The van der Waals surface area contributed by atoms with E-state index in [2.05, 4.69) is 37.1 Å². The number of nitriles is 1. The summed E-state index contributed by atoms with van der Waals surface area (Å²) in [5.41, 5.74) is 4.00. The number of hydrogen-bond acceptors (Lipinski definition) is 4. The van der Waals surface area contributed by atoms with Crippen molar-refractivity contribution < 1.29 is 4.79 Å². The molecule has 25 heavy (non-hydrogen) atoms. The van der Waals surface area contributed by atoms with Crippen molar-refractivity contribution in [1.29, 1.82) is 5.26 Å². The van der Waals surface area contributed by atoms with Crippen molar-refractivity contribution in [3.8, 4) is 6.07 Å². The average Bonchev–Trinajstić information content (AvgIpc) is 3.10. The first-order valence-electron chi connectivity index (χ1n) is 8.04. The third kappa shape index (κ3) is 3.42. The molecule has 0 spiro atoms. The number of imidazole rings is 1. The first-order valence-corrected chi connectivity index (χ1v) is 8.92. The maximum absolute atomic E-state index is 12.4. The lowest BCUT2D eigenvalue weighted by Crippen LogP contribution is -2.16. The van der Waals surface area contributed by atoms with Gasteiger partial charge >= 0.3 is 0 Å². The Balaban J connectivity index is 1.80. The van der Waals surface area contributed by atoms with Crippen molar-refractivity contribution in [3.05, 3.63) is 52.3 Å². The topological polar surface area (TPSA) is 70.2 Å². The molecule has 1 N–H and O–H groups in total. The van der Waals surface area contributed by atoms with Gasteiger partial charge < -0.3 is 9.72 Å². The molecular formula is C19H20N4OS. The number of nitrogens with zero attached hydrogens (tertiary/aromatic N) is 3. The number of carbonyl (C=O) groups is 1. The van der Waals surface area contributed by atoms with Crippen LogP contribution in [-0.2, 0) is 16.6 Å². The Kier molecular flexibility index (Phi) is 4.36. The van der Waals surface area contributed by atoms with Crippen LogP contribution in [0.5, 0.6) is 0 Å². The molecule has 0 unspecified atom stereocenters. The molecule has 0 aliphatic heterocycles. The zero-order chi connectivity index (χ0) is 18.2. The molecule has 0 saturated heterocycles. The van der Waals surface area contributed by atoms with Crippen molar-refractivity contribution >= 4 is 27.9 Å². The van der Waals surface area contributed by atoms with E-state index in [4.69, 9.17) is 0 Å². The molecule has 3 rings (SSSR count). The van der Waals surface area contributed by atoms with Crippen LogP contribution in [0.25, 0.3) is 5.65 Å². The molecule has 0 fully saturated rings. The lowest BCUT2D eigenvalue weighted by atomic mass is 9.86. The molecule has 5 nitrogen and oxygen atoms in total. The summed E-state index contributed by atoms with van der Waals surface area (Å²) in [7, 11) is 0. The third-order valence-electron chi connectivity index (χ3n) is 4.03. The Hall–Kier alpha value is -2.65. The predicted octanol–water partition coefficient (Wildman–Crippen LogP) is 4.05. The van der Waals surface area contributed by atoms with Gasteiger partial charge in [-0.25, -0.2) is 4.98 Å². The summed E-state index contributed by atoms with van der Waals surface area (Å²) in [4.78, 5) is 16.9. The molecule has 0 aromatic carbocycles. The minimum absolute atomic E-state index is 0.135. The molecule has 3 aromatic heterocycles. The number of rotatable bonds is 3. The second-order valence-corrected chi connectivity index (χ2v) is 7.97. The number of carbonyl (C=O) groups excluding carboxylic acids is 1. The van der Waals surface area contributed by atoms with E-state index in [1.54, 1.807) is 0 Å². The predicted molar refractivity (Wildman–Crippen MR) is 100.0 cm³/mol. The molecule has 0 aliphatic carbocycles. The van der Waals surface area contributed by atoms with Crippen molar-refractivity contribution in [2.75, 3.05) is 5.32 Å². The van der Waals surface area contributed by atoms with E-state index in [-0.39, 0.29) is 17.7 Å². The second kappa shape index (κ2) is 6.34. The number of aryl methyl sites for hydroxylation is 1. The maximum atomic E-state index is 12.4. The van der Waals surface area contributed by atoms with Gasteiger partial charge in [0.05, 0.1) is 17.7 Å². The summed E-state index contributed by atoms with van der Waals surface area (Å²) >= 11 is 1.39. The van der Waals surface area contributed by atoms with E-state index in [0.29, 0.717) is 16.3 Å². The fourth-order valence-corrected chi connectivity index (χ4v) is 3.89. The Morgan fingerprint density at radius 3 is 2.84 bits per heavy atom. The molecule has 6 heteroatoms. The molecule has 0 saturated carbocycles. The first-order chi connectivity index (χ1) is 11.8. The van der Waals surface area contributed by atoms with E-state index in [1.165, 1.54) is 11.3 Å². The highest BCUT2D eigenvalue weighted by atomic mass is 32.1. The molecular weight excluding hydrogens is 332 g/mol. The van der Waals surface area contributed by atoms with Gasteiger partial charge in [-0.05, 0) is 34.9 Å². The van der Waals surface area contributed by atoms with Gasteiger partial charge in [-0.3, -0.25) is 4.79 Å². The lowest BCUT2D eigenvalue weighted by molar-refractivity contribution is -0.115. The summed E-state index contributed by atoms with van der Waals surface area (Å²) in [6.45, 7) is 8.16. The summed E-state index contributed by atoms with van der Waals surface area (Å²) in [5, 5.41) is 14.9. The van der Waals surface area contributed by atoms with E-state index in [0.717, 1.165) is 16.8 Å². The smallest absolute Gasteiger partial charge is 0.231 e. The zero-order valence-electron chi connectivity index (χ0n) is 14.8. The summed E-state index contributed by atoms with van der Waals surface area (Å²) < 4.78 is 1.92. The highest BCUT2D eigenvalue weighted by Gasteiger charge is 2.23. The Labute approximate surface area is 150 Å². The van der Waals surface area contributed by atoms with Crippen LogP contribution in [0.3, 0.4) is 0 Å². The highest BCUT2D eigenvalue weighted by molar-refractivity contribution is 7.14. The second-order valence-electron chi connectivity index (χ2n) is 7.09. The normalized spacial score (nSPS) is 11.5. The maximum Gasteiger partial charge on any atom is 0.231 e. The molecule has 3 aromatic rings. The monoisotopic (exact) mass is 352 g/mol. The number of hydrogen-bond donors (Lipinski definition) is 1. The SMILES string of the molecule is Cc1cccn2cc(CC(=O)Nc3scc(C(C)(C)C)c3C#N)nc12. The van der Waals surface area contributed by atoms with Crippen LogP contribution in [0.2, 0.25) is 0 Å². The molecule has 3 heterocycles. The number of fused-ring (bicyclic) bond motifs is 1. The van der Waals surface area contributed by atoms with Crippen LogP contribution in [-0.4, -0.2) is 15.3 Å².